The van der Waals surface area contributed by atoms with E-state index >= 15 is 0 Å². The highest BCUT2D eigenvalue weighted by Crippen LogP contribution is 2.28. The van der Waals surface area contributed by atoms with Crippen molar-refractivity contribution in [2.24, 2.45) is 13.0 Å². The smallest absolute Gasteiger partial charge is 0.258 e. The van der Waals surface area contributed by atoms with Crippen LogP contribution in [0, 0.1) is 5.92 Å². The van der Waals surface area contributed by atoms with E-state index in [1.807, 2.05) is 32.0 Å². The molecule has 7 nitrogen and oxygen atoms in total. The van der Waals surface area contributed by atoms with Crippen LogP contribution < -0.4 is 15.6 Å². The maximum atomic E-state index is 13.1. The topological polar surface area (TPSA) is 76.5 Å². The van der Waals surface area contributed by atoms with Gasteiger partial charge in [0.2, 0.25) is 5.88 Å². The van der Waals surface area contributed by atoms with Crippen LogP contribution in [0.2, 0.25) is 0 Å². The van der Waals surface area contributed by atoms with Crippen molar-refractivity contribution in [2.45, 2.75) is 77.4 Å². The lowest BCUT2D eigenvalue weighted by atomic mass is 9.84. The number of nitrogens with zero attached hydrogens (tertiary/aromatic N) is 3. The molecular weight excluding hydrogens is 488 g/mol. The van der Waals surface area contributed by atoms with Crippen molar-refractivity contribution in [1.82, 2.24) is 19.8 Å². The highest BCUT2D eigenvalue weighted by Gasteiger charge is 2.24. The second-order valence-electron chi connectivity index (χ2n) is 11.6. The first kappa shape index (κ1) is 27.4. The van der Waals surface area contributed by atoms with E-state index in [2.05, 4.69) is 16.3 Å². The molecule has 39 heavy (non-hydrogen) atoms. The fourth-order valence-electron chi connectivity index (χ4n) is 6.14. The Bertz CT molecular complexity index is 1360. The van der Waals surface area contributed by atoms with Crippen LogP contribution in [0.15, 0.2) is 47.4 Å². The number of rotatable bonds is 7. The van der Waals surface area contributed by atoms with E-state index < -0.39 is 0 Å². The second kappa shape index (κ2) is 12.3. The Balaban J connectivity index is 1.08. The van der Waals surface area contributed by atoms with Gasteiger partial charge in [-0.15, -0.1) is 0 Å². The summed E-state index contributed by atoms with van der Waals surface area (Å²) in [5.74, 6) is 1.39. The van der Waals surface area contributed by atoms with Gasteiger partial charge in [-0.05, 0) is 108 Å². The Morgan fingerprint density at radius 3 is 2.67 bits per heavy atom. The van der Waals surface area contributed by atoms with Gasteiger partial charge in [0.05, 0.1) is 6.10 Å². The van der Waals surface area contributed by atoms with Gasteiger partial charge in [0.15, 0.2) is 0 Å². The Kier molecular flexibility index (Phi) is 8.66. The van der Waals surface area contributed by atoms with Crippen molar-refractivity contribution in [1.29, 1.82) is 0 Å². The molecule has 0 unspecified atom stereocenters. The normalized spacial score (nSPS) is 20.3. The van der Waals surface area contributed by atoms with Gasteiger partial charge >= 0.3 is 0 Å². The van der Waals surface area contributed by atoms with Gasteiger partial charge in [0.25, 0.3) is 11.5 Å². The first-order valence-corrected chi connectivity index (χ1v) is 14.6. The maximum absolute atomic E-state index is 13.1. The minimum atomic E-state index is -0.0751. The van der Waals surface area contributed by atoms with Crippen LogP contribution in [0.4, 0.5) is 0 Å². The van der Waals surface area contributed by atoms with Crippen LogP contribution in [-0.2, 0) is 19.9 Å². The summed E-state index contributed by atoms with van der Waals surface area (Å²) in [6.45, 7) is 7.42. The van der Waals surface area contributed by atoms with Gasteiger partial charge in [-0.1, -0.05) is 12.1 Å². The van der Waals surface area contributed by atoms with Crippen molar-refractivity contribution in [3.05, 3.63) is 69.8 Å². The zero-order valence-electron chi connectivity index (χ0n) is 23.6. The van der Waals surface area contributed by atoms with E-state index in [1.165, 1.54) is 17.7 Å². The van der Waals surface area contributed by atoms with Crippen LogP contribution >= 0.6 is 0 Å². The van der Waals surface area contributed by atoms with Crippen molar-refractivity contribution in [3.8, 4) is 5.88 Å². The average Bonchev–Trinajstić information content (AvgIpc) is 2.91. The number of pyridine rings is 2. The van der Waals surface area contributed by atoms with Crippen molar-refractivity contribution < 1.29 is 9.53 Å². The van der Waals surface area contributed by atoms with E-state index in [4.69, 9.17) is 9.72 Å². The lowest BCUT2D eigenvalue weighted by Crippen LogP contribution is -2.38. The minimum absolute atomic E-state index is 0.0735. The fraction of sp³-hybridized carbons (Fsp3) is 0.531. The summed E-state index contributed by atoms with van der Waals surface area (Å²) >= 11 is 0. The summed E-state index contributed by atoms with van der Waals surface area (Å²) in [6, 6.07) is 11.7. The highest BCUT2D eigenvalue weighted by atomic mass is 16.5. The Morgan fingerprint density at radius 1 is 1.05 bits per heavy atom. The standard InChI is InChI=1S/C32H42N4O3/c1-22(2)39-30-14-11-24-16-21-36(18-5-8-29(24)34-30)20-15-23-9-12-25(13-10-23)33-31(37)27-6-4-7-28-26(27)17-19-35(3)32(28)38/h4,6-7,11,14,17,19,22-23,25H,5,8-10,12-13,15-16,18,20-21H2,1-3H3,(H,33,37). The molecular formula is C32H42N4O3. The number of nitrogens with one attached hydrogen (secondary N) is 1. The first-order chi connectivity index (χ1) is 18.9. The lowest BCUT2D eigenvalue weighted by molar-refractivity contribution is 0.0921. The molecule has 0 bridgehead atoms. The quantitative estimate of drug-likeness (QED) is 0.471. The third kappa shape index (κ3) is 6.70. The number of ether oxygens (including phenoxy) is 1. The van der Waals surface area contributed by atoms with Gasteiger partial charge in [-0.2, -0.15) is 0 Å². The summed E-state index contributed by atoms with van der Waals surface area (Å²) in [4.78, 5) is 33.0. The summed E-state index contributed by atoms with van der Waals surface area (Å²) in [5.41, 5.74) is 3.08. The molecule has 1 amide bonds. The van der Waals surface area contributed by atoms with Crippen LogP contribution in [0.25, 0.3) is 10.8 Å². The maximum Gasteiger partial charge on any atom is 0.258 e. The molecule has 2 aliphatic rings. The number of hydrogen-bond donors (Lipinski definition) is 1. The van der Waals surface area contributed by atoms with Crippen LogP contribution in [0.5, 0.6) is 5.88 Å². The molecule has 1 saturated carbocycles. The number of hydrogen-bond acceptors (Lipinski definition) is 5. The van der Waals surface area contributed by atoms with Crippen LogP contribution in [-0.4, -0.2) is 52.1 Å². The van der Waals surface area contributed by atoms with Crippen molar-refractivity contribution >= 4 is 16.7 Å². The fourth-order valence-corrected chi connectivity index (χ4v) is 6.14. The molecule has 0 radical (unpaired) electrons. The summed E-state index contributed by atoms with van der Waals surface area (Å²) in [7, 11) is 1.73. The molecule has 1 N–H and O–H groups in total. The van der Waals surface area contributed by atoms with Gasteiger partial charge in [0.1, 0.15) is 0 Å². The van der Waals surface area contributed by atoms with Crippen molar-refractivity contribution in [3.63, 3.8) is 0 Å². The summed E-state index contributed by atoms with van der Waals surface area (Å²) in [5, 5.41) is 4.57. The molecule has 1 aliphatic carbocycles. The number of carbonyl (C=O) groups excluding carboxylic acids is 1. The summed E-state index contributed by atoms with van der Waals surface area (Å²) < 4.78 is 7.35. The van der Waals surface area contributed by atoms with Crippen LogP contribution in [0.3, 0.4) is 0 Å². The van der Waals surface area contributed by atoms with E-state index in [-0.39, 0.29) is 23.6 Å². The third-order valence-electron chi connectivity index (χ3n) is 8.39. The zero-order chi connectivity index (χ0) is 27.4. The van der Waals surface area contributed by atoms with E-state index in [9.17, 15) is 9.59 Å². The number of carbonyl (C=O) groups is 1. The van der Waals surface area contributed by atoms with Crippen molar-refractivity contribution in [2.75, 3.05) is 19.6 Å². The Hall–Kier alpha value is -3.19. The molecule has 7 heteroatoms. The molecule has 1 aliphatic heterocycles. The molecule has 2 aromatic heterocycles. The number of benzene rings is 1. The number of aryl methyl sites for hydroxylation is 2. The molecule has 5 rings (SSSR count). The Morgan fingerprint density at radius 2 is 1.87 bits per heavy atom. The number of fused-ring (bicyclic) bond motifs is 2. The predicted octanol–water partition coefficient (Wildman–Crippen LogP) is 4.89. The second-order valence-corrected chi connectivity index (χ2v) is 11.6. The van der Waals surface area contributed by atoms with E-state index in [0.717, 1.165) is 75.8 Å². The molecule has 1 aromatic carbocycles. The number of amides is 1. The van der Waals surface area contributed by atoms with Gasteiger partial charge in [-0.3, -0.25) is 9.59 Å². The minimum Gasteiger partial charge on any atom is -0.475 e. The van der Waals surface area contributed by atoms with Gasteiger partial charge < -0.3 is 19.5 Å². The predicted molar refractivity (Wildman–Crippen MR) is 155 cm³/mol. The monoisotopic (exact) mass is 530 g/mol. The largest absolute Gasteiger partial charge is 0.475 e. The third-order valence-corrected chi connectivity index (χ3v) is 8.39. The molecule has 0 atom stereocenters. The SMILES string of the molecule is CC(C)Oc1ccc2c(n1)CCCN(CCC1CCC(NC(=O)c3cccc4c(=O)n(C)ccc34)CC1)CC2. The molecule has 3 aromatic rings. The molecule has 0 saturated heterocycles. The molecule has 208 valence electrons. The van der Waals surface area contributed by atoms with E-state index in [0.29, 0.717) is 16.9 Å². The molecule has 0 spiro atoms. The van der Waals surface area contributed by atoms with E-state index in [1.54, 1.807) is 29.9 Å². The summed E-state index contributed by atoms with van der Waals surface area (Å²) in [6.07, 6.45) is 10.6. The lowest BCUT2D eigenvalue weighted by Gasteiger charge is -2.31. The Labute approximate surface area is 231 Å². The zero-order valence-corrected chi connectivity index (χ0v) is 23.6. The average molecular weight is 531 g/mol. The van der Waals surface area contributed by atoms with Gasteiger partial charge in [-0.25, -0.2) is 4.98 Å². The van der Waals surface area contributed by atoms with Gasteiger partial charge in [0, 0.05) is 53.9 Å². The molecule has 3 heterocycles. The van der Waals surface area contributed by atoms with Crippen LogP contribution in [0.1, 0.15) is 74.0 Å². The molecule has 1 fully saturated rings. The first-order valence-electron chi connectivity index (χ1n) is 14.6. The highest BCUT2D eigenvalue weighted by molar-refractivity contribution is 6.06. The number of aromatic nitrogens is 2.